The van der Waals surface area contributed by atoms with Gasteiger partial charge in [-0.25, -0.2) is 4.98 Å². The molecule has 0 spiro atoms. The summed E-state index contributed by atoms with van der Waals surface area (Å²) < 4.78 is 6.42. The van der Waals surface area contributed by atoms with Crippen molar-refractivity contribution in [1.82, 2.24) is 9.71 Å². The summed E-state index contributed by atoms with van der Waals surface area (Å²) in [5, 5.41) is 24.7. The van der Waals surface area contributed by atoms with Gasteiger partial charge >= 0.3 is 0 Å². The average Bonchev–Trinajstić information content (AvgIpc) is 3.31. The first-order valence-corrected chi connectivity index (χ1v) is 7.98. The maximum absolute atomic E-state index is 12.3. The van der Waals surface area contributed by atoms with E-state index in [0.29, 0.717) is 27.0 Å². The van der Waals surface area contributed by atoms with E-state index in [1.807, 2.05) is 0 Å². The number of aromatic nitrogens is 2. The van der Waals surface area contributed by atoms with Gasteiger partial charge < -0.3 is 20.1 Å². The van der Waals surface area contributed by atoms with Crippen molar-refractivity contribution in [3.05, 3.63) is 71.8 Å². The number of hydrogen-bond donors (Lipinski definition) is 2. The highest BCUT2D eigenvalue weighted by Crippen LogP contribution is 2.31. The molecule has 0 unspecified atom stereocenters. The van der Waals surface area contributed by atoms with Gasteiger partial charge in [0.05, 0.1) is 17.5 Å². The van der Waals surface area contributed by atoms with Crippen LogP contribution in [0.3, 0.4) is 0 Å². The molecule has 0 fully saturated rings. The zero-order valence-electron chi connectivity index (χ0n) is 14.0. The molecule has 2 aromatic heterocycles. The van der Waals surface area contributed by atoms with E-state index < -0.39 is 5.91 Å². The fraction of sp³-hybridized carbons (Fsp3) is 0. The lowest BCUT2D eigenvalue weighted by atomic mass is 10.1. The van der Waals surface area contributed by atoms with Crippen molar-refractivity contribution in [3.63, 3.8) is 0 Å². The minimum Gasteiger partial charge on any atom is -0.619 e. The lowest BCUT2D eigenvalue weighted by Gasteiger charge is -2.09. The first kappa shape index (κ1) is 16.4. The Morgan fingerprint density at radius 1 is 1.22 bits per heavy atom. The molecule has 0 aliphatic carbocycles. The summed E-state index contributed by atoms with van der Waals surface area (Å²) >= 11 is 0. The second-order valence-corrected chi connectivity index (χ2v) is 5.78. The number of nitrogens with zero attached hydrogens (tertiary/aromatic N) is 3. The molecule has 8 nitrogen and oxygen atoms in total. The molecule has 1 amide bonds. The number of carbonyl (C=O) groups excluding carboxylic acids is 1. The number of amides is 1. The molecular formula is C19H14N4O4. The summed E-state index contributed by atoms with van der Waals surface area (Å²) in [6, 6.07) is 14.7. The van der Waals surface area contributed by atoms with Crippen LogP contribution in [0.15, 0.2) is 65.3 Å². The molecule has 0 radical (unpaired) electrons. The van der Waals surface area contributed by atoms with Crippen molar-refractivity contribution in [3.8, 4) is 11.4 Å². The maximum Gasteiger partial charge on any atom is 0.291 e. The monoisotopic (exact) mass is 362 g/mol. The van der Waals surface area contributed by atoms with Gasteiger partial charge in [-0.3, -0.25) is 4.79 Å². The first-order chi connectivity index (χ1) is 13.0. The van der Waals surface area contributed by atoms with Crippen LogP contribution in [-0.4, -0.2) is 32.3 Å². The highest BCUT2D eigenvalue weighted by Gasteiger charge is 2.18. The van der Waals surface area contributed by atoms with Crippen LogP contribution in [0, 0.1) is 5.21 Å². The minimum atomic E-state index is -0.422. The second kappa shape index (κ2) is 6.34. The molecule has 2 heterocycles. The molecular weight excluding hydrogens is 348 g/mol. The third-order valence-electron chi connectivity index (χ3n) is 4.06. The molecule has 0 atom stereocenters. The van der Waals surface area contributed by atoms with E-state index in [9.17, 15) is 15.2 Å². The molecule has 0 aliphatic heterocycles. The van der Waals surface area contributed by atoms with Gasteiger partial charge in [0, 0.05) is 17.7 Å². The van der Waals surface area contributed by atoms with Gasteiger partial charge in [0.2, 0.25) is 5.69 Å². The molecule has 2 aromatic carbocycles. The quantitative estimate of drug-likeness (QED) is 0.190. The topological polar surface area (TPSA) is 106 Å². The standard InChI is InChI=1S/C19H14N4O4/c1-22(25)12-8-9-15-16(11-12)23(26)18(20-15)13-5-2-3-6-14(13)21-19(24)17-7-4-10-27-17/h2-11,26H,1H2,(H,21,24). The smallest absolute Gasteiger partial charge is 0.291 e. The van der Waals surface area contributed by atoms with Crippen LogP contribution >= 0.6 is 0 Å². The van der Waals surface area contributed by atoms with Gasteiger partial charge in [-0.15, -0.1) is 0 Å². The van der Waals surface area contributed by atoms with Crippen molar-refractivity contribution >= 4 is 35.0 Å². The lowest BCUT2D eigenvalue weighted by molar-refractivity contribution is -0.349. The summed E-state index contributed by atoms with van der Waals surface area (Å²) in [6.45, 7) is 3.29. The molecule has 8 heteroatoms. The molecule has 2 N–H and O–H groups in total. The van der Waals surface area contributed by atoms with E-state index in [1.54, 1.807) is 48.5 Å². The number of anilines is 1. The largest absolute Gasteiger partial charge is 0.619 e. The number of rotatable bonds is 4. The Morgan fingerprint density at radius 3 is 2.78 bits per heavy atom. The molecule has 134 valence electrons. The average molecular weight is 362 g/mol. The Balaban J connectivity index is 1.79. The number of furan rings is 1. The van der Waals surface area contributed by atoms with Crippen molar-refractivity contribution in [2.75, 3.05) is 5.32 Å². The summed E-state index contributed by atoms with van der Waals surface area (Å²) in [4.78, 5) is 16.7. The molecule has 27 heavy (non-hydrogen) atoms. The Hall–Kier alpha value is -4.07. The zero-order chi connectivity index (χ0) is 19.0. The number of hydrogen-bond acceptors (Lipinski definition) is 5. The Bertz CT molecular complexity index is 1160. The minimum absolute atomic E-state index is 0.165. The molecule has 4 aromatic rings. The van der Waals surface area contributed by atoms with E-state index >= 15 is 0 Å². The van der Waals surface area contributed by atoms with Crippen molar-refractivity contribution in [1.29, 1.82) is 0 Å². The number of fused-ring (bicyclic) bond motifs is 1. The predicted octanol–water partition coefficient (Wildman–Crippen LogP) is 3.63. The SMILES string of the molecule is C=[N+]([O-])c1ccc2nc(-c3ccccc3NC(=O)c3ccco3)n(O)c2c1. The zero-order valence-corrected chi connectivity index (χ0v) is 14.0. The summed E-state index contributed by atoms with van der Waals surface area (Å²) in [5.74, 6) is -0.0358. The van der Waals surface area contributed by atoms with Crippen LogP contribution in [0.1, 0.15) is 10.6 Å². The van der Waals surface area contributed by atoms with Gasteiger partial charge in [0.1, 0.15) is 12.2 Å². The van der Waals surface area contributed by atoms with E-state index in [0.717, 1.165) is 4.73 Å². The number of carbonyl (C=O) groups is 1. The second-order valence-electron chi connectivity index (χ2n) is 5.78. The highest BCUT2D eigenvalue weighted by molar-refractivity contribution is 6.04. The van der Waals surface area contributed by atoms with Gasteiger partial charge in [-0.05, 0) is 30.3 Å². The molecule has 0 saturated heterocycles. The summed E-state index contributed by atoms with van der Waals surface area (Å²) in [7, 11) is 0. The normalized spacial score (nSPS) is 10.8. The van der Waals surface area contributed by atoms with E-state index in [-0.39, 0.29) is 17.3 Å². The third kappa shape index (κ3) is 2.89. The molecule has 0 saturated carbocycles. The predicted molar refractivity (Wildman–Crippen MR) is 99.4 cm³/mol. The van der Waals surface area contributed by atoms with Gasteiger partial charge in [-0.2, -0.15) is 9.47 Å². The lowest BCUT2D eigenvalue weighted by Crippen LogP contribution is -2.12. The third-order valence-corrected chi connectivity index (χ3v) is 4.06. The summed E-state index contributed by atoms with van der Waals surface area (Å²) in [5.41, 5.74) is 2.08. The maximum atomic E-state index is 12.3. The van der Waals surface area contributed by atoms with Crippen molar-refractivity contribution in [2.45, 2.75) is 0 Å². The van der Waals surface area contributed by atoms with Crippen LogP contribution in [0.25, 0.3) is 22.4 Å². The molecule has 0 bridgehead atoms. The molecule has 0 aliphatic rings. The van der Waals surface area contributed by atoms with Crippen LogP contribution in [0.5, 0.6) is 0 Å². The van der Waals surface area contributed by atoms with Crippen LogP contribution in [0.4, 0.5) is 11.4 Å². The highest BCUT2D eigenvalue weighted by atomic mass is 16.5. The molecule has 4 rings (SSSR count). The first-order valence-electron chi connectivity index (χ1n) is 7.98. The van der Waals surface area contributed by atoms with Crippen molar-refractivity contribution < 1.29 is 19.2 Å². The van der Waals surface area contributed by atoms with E-state index in [4.69, 9.17) is 4.42 Å². The number of benzene rings is 2. The Morgan fingerprint density at radius 2 is 2.04 bits per heavy atom. The number of imidazole rings is 1. The van der Waals surface area contributed by atoms with Gasteiger partial charge in [-0.1, -0.05) is 12.1 Å². The van der Waals surface area contributed by atoms with Crippen molar-refractivity contribution in [2.24, 2.45) is 0 Å². The van der Waals surface area contributed by atoms with Gasteiger partial charge in [0.25, 0.3) is 5.91 Å². The Labute approximate surface area is 153 Å². The van der Waals surface area contributed by atoms with E-state index in [1.165, 1.54) is 12.3 Å². The number of nitrogens with one attached hydrogen (secondary N) is 1. The van der Waals surface area contributed by atoms with Gasteiger partial charge in [0.15, 0.2) is 11.6 Å². The van der Waals surface area contributed by atoms with E-state index in [2.05, 4.69) is 17.0 Å². The van der Waals surface area contributed by atoms with Crippen LogP contribution in [0.2, 0.25) is 0 Å². The fourth-order valence-corrected chi connectivity index (χ4v) is 2.76. The summed E-state index contributed by atoms with van der Waals surface area (Å²) in [6.07, 6.45) is 1.41. The Kier molecular flexibility index (Phi) is 3.85. The van der Waals surface area contributed by atoms with Crippen LogP contribution < -0.4 is 5.32 Å². The number of para-hydroxylation sites is 1. The van der Waals surface area contributed by atoms with Crippen LogP contribution in [-0.2, 0) is 0 Å². The fourth-order valence-electron chi connectivity index (χ4n) is 2.76.